The van der Waals surface area contributed by atoms with Gasteiger partial charge in [0, 0.05) is 13.3 Å². The minimum absolute atomic E-state index is 0.00535. The highest BCUT2D eigenvalue weighted by Gasteiger charge is 2.28. The zero-order valence-corrected chi connectivity index (χ0v) is 8.22. The third-order valence-corrected chi connectivity index (χ3v) is 3.74. The fraction of sp³-hybridized carbons (Fsp3) is 0.833. The summed E-state index contributed by atoms with van der Waals surface area (Å²) in [6, 6.07) is 0. The van der Waals surface area contributed by atoms with Gasteiger partial charge in [0.25, 0.3) is 0 Å². The Bertz CT molecular complexity index is 136. The third kappa shape index (κ3) is 4.26. The molecule has 1 unspecified atom stereocenters. The van der Waals surface area contributed by atoms with Crippen LogP contribution in [0.3, 0.4) is 0 Å². The van der Waals surface area contributed by atoms with Gasteiger partial charge in [-0.1, -0.05) is 0 Å². The molecular formula is C6H15NO3Si. The van der Waals surface area contributed by atoms with Gasteiger partial charge < -0.3 is 14.6 Å². The van der Waals surface area contributed by atoms with E-state index in [9.17, 15) is 4.79 Å². The summed E-state index contributed by atoms with van der Waals surface area (Å²) in [5.74, 6) is -0.00535. The molecule has 0 aliphatic heterocycles. The van der Waals surface area contributed by atoms with Crippen molar-refractivity contribution >= 4 is 14.3 Å². The molecule has 0 bridgehead atoms. The van der Waals surface area contributed by atoms with Gasteiger partial charge in [-0.3, -0.25) is 4.79 Å². The van der Waals surface area contributed by atoms with Gasteiger partial charge in [-0.25, -0.2) is 0 Å². The molecule has 0 radical (unpaired) electrons. The average Bonchev–Trinajstić information content (AvgIpc) is 2.00. The number of carbonyl (C=O) groups excluding carboxylic acids is 1. The van der Waals surface area contributed by atoms with Gasteiger partial charge in [0.15, 0.2) is 5.78 Å². The van der Waals surface area contributed by atoms with Crippen LogP contribution in [0.5, 0.6) is 0 Å². The summed E-state index contributed by atoms with van der Waals surface area (Å²) >= 11 is 0. The van der Waals surface area contributed by atoms with E-state index in [1.54, 1.807) is 7.11 Å². The molecule has 0 aromatic carbocycles. The van der Waals surface area contributed by atoms with Crippen LogP contribution in [0.15, 0.2) is 0 Å². The smallest absolute Gasteiger partial charge is 0.349 e. The van der Waals surface area contributed by atoms with Crippen LogP contribution in [0, 0.1) is 0 Å². The summed E-state index contributed by atoms with van der Waals surface area (Å²) < 4.78 is 10.3. The van der Waals surface area contributed by atoms with Crippen LogP contribution in [-0.2, 0) is 13.6 Å². The average molecular weight is 177 g/mol. The molecule has 11 heavy (non-hydrogen) atoms. The van der Waals surface area contributed by atoms with Crippen LogP contribution in [0.2, 0.25) is 6.55 Å². The molecule has 0 aromatic heterocycles. The molecule has 0 saturated heterocycles. The van der Waals surface area contributed by atoms with Crippen LogP contribution in [0.1, 0.15) is 6.92 Å². The second-order valence-corrected chi connectivity index (χ2v) is 5.91. The molecule has 0 fully saturated rings. The molecule has 0 spiro atoms. The molecule has 1 atom stereocenters. The first-order valence-electron chi connectivity index (χ1n) is 3.42. The summed E-state index contributed by atoms with van der Waals surface area (Å²) in [5, 5.41) is 0. The van der Waals surface area contributed by atoms with Crippen molar-refractivity contribution in [1.29, 1.82) is 0 Å². The maximum Gasteiger partial charge on any atom is 0.349 e. The van der Waals surface area contributed by atoms with E-state index in [0.29, 0.717) is 6.17 Å². The fourth-order valence-electron chi connectivity index (χ4n) is 0.455. The molecule has 0 heterocycles. The first-order valence-corrected chi connectivity index (χ1v) is 5.95. The maximum atomic E-state index is 10.5. The third-order valence-electron chi connectivity index (χ3n) is 1.38. The number of nitrogens with two attached hydrogens (primary N) is 1. The van der Waals surface area contributed by atoms with E-state index in [0.717, 1.165) is 0 Å². The molecule has 0 aliphatic carbocycles. The van der Waals surface area contributed by atoms with Crippen molar-refractivity contribution < 1.29 is 13.6 Å². The van der Waals surface area contributed by atoms with E-state index in [-0.39, 0.29) is 12.4 Å². The lowest BCUT2D eigenvalue weighted by Gasteiger charge is -2.22. The number of Topliss-reactive ketones (excluding diaryl/α,β-unsaturated/α-hetero) is 1. The first-order chi connectivity index (χ1) is 5.04. The van der Waals surface area contributed by atoms with Gasteiger partial charge in [-0.2, -0.15) is 0 Å². The summed E-state index contributed by atoms with van der Waals surface area (Å²) in [4.78, 5) is 10.5. The normalized spacial score (nSPS) is 16.0. The van der Waals surface area contributed by atoms with Crippen molar-refractivity contribution in [3.63, 3.8) is 0 Å². The molecule has 0 aromatic rings. The lowest BCUT2D eigenvalue weighted by molar-refractivity contribution is -0.119. The number of hydrogen-bond acceptors (Lipinski definition) is 4. The highest BCUT2D eigenvalue weighted by Crippen LogP contribution is 2.02. The maximum absolute atomic E-state index is 10.5. The summed E-state index contributed by atoms with van der Waals surface area (Å²) in [6.45, 7) is 3.41. The highest BCUT2D eigenvalue weighted by molar-refractivity contribution is 6.66. The highest BCUT2D eigenvalue weighted by atomic mass is 28.4. The van der Waals surface area contributed by atoms with Crippen LogP contribution < -0.4 is 5.73 Å². The fourth-order valence-corrected chi connectivity index (χ4v) is 1.37. The van der Waals surface area contributed by atoms with E-state index < -0.39 is 8.56 Å². The molecule has 4 nitrogen and oxygen atoms in total. The molecule has 5 heteroatoms. The zero-order chi connectivity index (χ0) is 8.91. The van der Waals surface area contributed by atoms with Gasteiger partial charge in [0.05, 0.1) is 6.61 Å². The van der Waals surface area contributed by atoms with Gasteiger partial charge in [0.1, 0.15) is 0 Å². The predicted octanol–water partition coefficient (Wildman–Crippen LogP) is -0.192. The number of carbonyl (C=O) groups is 1. The van der Waals surface area contributed by atoms with Crippen molar-refractivity contribution in [3.05, 3.63) is 0 Å². The Morgan fingerprint density at radius 1 is 1.64 bits per heavy atom. The lowest BCUT2D eigenvalue weighted by atomic mass is 10.5. The molecule has 2 N–H and O–H groups in total. The van der Waals surface area contributed by atoms with Crippen LogP contribution >= 0.6 is 0 Å². The van der Waals surface area contributed by atoms with E-state index in [1.807, 2.05) is 6.55 Å². The minimum Gasteiger partial charge on any atom is -0.397 e. The van der Waals surface area contributed by atoms with Crippen LogP contribution in [-0.4, -0.2) is 34.2 Å². The van der Waals surface area contributed by atoms with Gasteiger partial charge >= 0.3 is 8.56 Å². The Morgan fingerprint density at radius 3 is 2.45 bits per heavy atom. The monoisotopic (exact) mass is 177 g/mol. The van der Waals surface area contributed by atoms with E-state index in [4.69, 9.17) is 14.6 Å². The minimum atomic E-state index is -2.20. The molecule has 0 aliphatic rings. The summed E-state index contributed by atoms with van der Waals surface area (Å²) in [5.41, 5.74) is 5.40. The predicted molar refractivity (Wildman–Crippen MR) is 44.3 cm³/mol. The Balaban J connectivity index is 3.78. The molecular weight excluding hydrogens is 162 g/mol. The van der Waals surface area contributed by atoms with E-state index in [1.165, 1.54) is 6.92 Å². The molecule has 0 rings (SSSR count). The summed E-state index contributed by atoms with van der Waals surface area (Å²) in [7, 11) is -0.648. The Labute approximate surface area is 67.9 Å². The van der Waals surface area contributed by atoms with Gasteiger partial charge in [-0.05, 0) is 13.5 Å². The second kappa shape index (κ2) is 4.61. The van der Waals surface area contributed by atoms with E-state index >= 15 is 0 Å². The standard InChI is InChI=1S/C6H15NO3Si/c1-6(8)4-10-11(3,5-7)9-2/h4-5,7H2,1-3H3. The Kier molecular flexibility index (Phi) is 4.51. The number of hydrogen-bond donors (Lipinski definition) is 1. The quantitative estimate of drug-likeness (QED) is 0.591. The Hall–Kier alpha value is -0.233. The number of rotatable bonds is 5. The topological polar surface area (TPSA) is 61.6 Å². The lowest BCUT2D eigenvalue weighted by Crippen LogP contribution is -2.46. The van der Waals surface area contributed by atoms with Gasteiger partial charge in [-0.15, -0.1) is 0 Å². The van der Waals surface area contributed by atoms with Crippen molar-refractivity contribution in [2.45, 2.75) is 13.5 Å². The van der Waals surface area contributed by atoms with Crippen molar-refractivity contribution in [3.8, 4) is 0 Å². The van der Waals surface area contributed by atoms with Gasteiger partial charge in [0.2, 0.25) is 0 Å². The molecule has 66 valence electrons. The SMILES string of the molecule is CO[Si](C)(CN)OCC(C)=O. The van der Waals surface area contributed by atoms with Crippen LogP contribution in [0.25, 0.3) is 0 Å². The van der Waals surface area contributed by atoms with Crippen molar-refractivity contribution in [1.82, 2.24) is 0 Å². The molecule has 0 amide bonds. The second-order valence-electron chi connectivity index (χ2n) is 2.53. The van der Waals surface area contributed by atoms with Crippen molar-refractivity contribution in [2.75, 3.05) is 19.9 Å². The van der Waals surface area contributed by atoms with E-state index in [2.05, 4.69) is 0 Å². The summed E-state index contributed by atoms with van der Waals surface area (Å²) in [6.07, 6.45) is 0.372. The molecule has 0 saturated carbocycles. The zero-order valence-electron chi connectivity index (χ0n) is 7.22. The first kappa shape index (κ1) is 10.8. The van der Waals surface area contributed by atoms with Crippen LogP contribution in [0.4, 0.5) is 0 Å². The number of ketones is 1. The Morgan fingerprint density at radius 2 is 2.18 bits per heavy atom. The largest absolute Gasteiger partial charge is 0.397 e. The van der Waals surface area contributed by atoms with Crippen molar-refractivity contribution in [2.24, 2.45) is 5.73 Å².